The van der Waals surface area contributed by atoms with Crippen LogP contribution in [0.4, 0.5) is 0 Å². The molecule has 3 rings (SSSR count). The molecule has 1 atom stereocenters. The summed E-state index contributed by atoms with van der Waals surface area (Å²) in [4.78, 5) is 0. The van der Waals surface area contributed by atoms with E-state index >= 15 is 0 Å². The normalized spacial score (nSPS) is 26.3. The van der Waals surface area contributed by atoms with Crippen LogP contribution in [-0.2, 0) is 31.5 Å². The summed E-state index contributed by atoms with van der Waals surface area (Å²) in [5.74, 6) is -1.07. The lowest BCUT2D eigenvalue weighted by atomic mass is 10.1. The van der Waals surface area contributed by atoms with Crippen molar-refractivity contribution in [3.63, 3.8) is 0 Å². The first-order valence-corrected chi connectivity index (χ1v) is 7.55. The maximum absolute atomic E-state index is 11.9. The molecular weight excluding hydrogens is 240 g/mol. The van der Waals surface area contributed by atoms with Gasteiger partial charge in [-0.25, -0.2) is 8.42 Å². The standard InChI is InChI=1S/C12H14O4S/c1-17(13,14)11-8-9-4-2-3-5-10(9)12(11)15-6-7-16-12/h2-5,11H,6-8H2,1H3. The van der Waals surface area contributed by atoms with E-state index < -0.39 is 20.9 Å². The zero-order valence-electron chi connectivity index (χ0n) is 9.55. The van der Waals surface area contributed by atoms with Crippen molar-refractivity contribution < 1.29 is 17.9 Å². The number of rotatable bonds is 1. The fourth-order valence-electron chi connectivity index (χ4n) is 2.75. The van der Waals surface area contributed by atoms with Gasteiger partial charge in [-0.05, 0) is 12.0 Å². The monoisotopic (exact) mass is 254 g/mol. The van der Waals surface area contributed by atoms with Crippen molar-refractivity contribution in [3.8, 4) is 0 Å². The van der Waals surface area contributed by atoms with Gasteiger partial charge in [0.1, 0.15) is 5.25 Å². The molecule has 5 heteroatoms. The van der Waals surface area contributed by atoms with Gasteiger partial charge >= 0.3 is 0 Å². The van der Waals surface area contributed by atoms with Crippen molar-refractivity contribution in [3.05, 3.63) is 35.4 Å². The Hall–Kier alpha value is -0.910. The third kappa shape index (κ3) is 1.53. The minimum Gasteiger partial charge on any atom is -0.342 e. The Kier molecular flexibility index (Phi) is 2.33. The van der Waals surface area contributed by atoms with Crippen LogP contribution in [0, 0.1) is 0 Å². The van der Waals surface area contributed by atoms with Crippen molar-refractivity contribution in [1.29, 1.82) is 0 Å². The Bertz CT molecular complexity index is 543. The summed E-state index contributed by atoms with van der Waals surface area (Å²) < 4.78 is 35.1. The maximum Gasteiger partial charge on any atom is 0.212 e. The van der Waals surface area contributed by atoms with Crippen LogP contribution in [0.15, 0.2) is 24.3 Å². The lowest BCUT2D eigenvalue weighted by Crippen LogP contribution is -2.42. The van der Waals surface area contributed by atoms with Crippen LogP contribution in [0.25, 0.3) is 0 Å². The van der Waals surface area contributed by atoms with Gasteiger partial charge in [0.05, 0.1) is 13.2 Å². The Morgan fingerprint density at radius 1 is 1.24 bits per heavy atom. The molecule has 1 spiro atoms. The van der Waals surface area contributed by atoms with Gasteiger partial charge in [0, 0.05) is 11.8 Å². The van der Waals surface area contributed by atoms with E-state index in [-0.39, 0.29) is 0 Å². The maximum atomic E-state index is 11.9. The van der Waals surface area contributed by atoms with Crippen LogP contribution in [0.5, 0.6) is 0 Å². The lowest BCUT2D eigenvalue weighted by Gasteiger charge is -2.28. The van der Waals surface area contributed by atoms with Gasteiger partial charge in [0.15, 0.2) is 9.84 Å². The molecule has 0 radical (unpaired) electrons. The predicted octanol–water partition coefficient (Wildman–Crippen LogP) is 0.855. The van der Waals surface area contributed by atoms with Gasteiger partial charge in [0.2, 0.25) is 5.79 Å². The number of benzene rings is 1. The van der Waals surface area contributed by atoms with Crippen LogP contribution in [0.1, 0.15) is 11.1 Å². The van der Waals surface area contributed by atoms with Crippen LogP contribution < -0.4 is 0 Å². The van der Waals surface area contributed by atoms with Crippen molar-refractivity contribution in [2.75, 3.05) is 19.5 Å². The van der Waals surface area contributed by atoms with E-state index in [1.165, 1.54) is 6.26 Å². The van der Waals surface area contributed by atoms with E-state index in [4.69, 9.17) is 9.47 Å². The van der Waals surface area contributed by atoms with Gasteiger partial charge in [-0.15, -0.1) is 0 Å². The van der Waals surface area contributed by atoms with Crippen molar-refractivity contribution in [2.24, 2.45) is 0 Å². The Morgan fingerprint density at radius 3 is 2.53 bits per heavy atom. The summed E-state index contributed by atoms with van der Waals surface area (Å²) in [7, 11) is -3.21. The third-order valence-corrected chi connectivity index (χ3v) is 4.97. The molecule has 1 aliphatic heterocycles. The number of hydrogen-bond donors (Lipinski definition) is 0. The summed E-state index contributed by atoms with van der Waals surface area (Å²) in [5.41, 5.74) is 1.87. The highest BCUT2D eigenvalue weighted by Crippen LogP contribution is 2.46. The molecule has 0 aromatic heterocycles. The zero-order chi connectivity index (χ0) is 12.1. The first-order chi connectivity index (χ1) is 8.04. The molecule has 2 aliphatic rings. The van der Waals surface area contributed by atoms with E-state index in [1.54, 1.807) is 0 Å². The Balaban J connectivity index is 2.18. The molecule has 1 heterocycles. The summed E-state index contributed by atoms with van der Waals surface area (Å²) in [5, 5.41) is -0.630. The fraction of sp³-hybridized carbons (Fsp3) is 0.500. The average Bonchev–Trinajstić information content (AvgIpc) is 2.86. The summed E-state index contributed by atoms with van der Waals surface area (Å²) in [6.45, 7) is 0.890. The van der Waals surface area contributed by atoms with Gasteiger partial charge < -0.3 is 9.47 Å². The van der Waals surface area contributed by atoms with Gasteiger partial charge in [-0.3, -0.25) is 0 Å². The first-order valence-electron chi connectivity index (χ1n) is 5.59. The molecule has 0 bridgehead atoms. The second-order valence-electron chi connectivity index (χ2n) is 4.54. The van der Waals surface area contributed by atoms with E-state index in [0.29, 0.717) is 19.6 Å². The summed E-state index contributed by atoms with van der Waals surface area (Å²) >= 11 is 0. The molecule has 1 saturated heterocycles. The summed E-state index contributed by atoms with van der Waals surface area (Å²) in [6, 6.07) is 7.63. The van der Waals surface area contributed by atoms with Crippen LogP contribution in [0.2, 0.25) is 0 Å². The summed E-state index contributed by atoms with van der Waals surface area (Å²) in [6.07, 6.45) is 1.71. The predicted molar refractivity (Wildman–Crippen MR) is 62.4 cm³/mol. The number of ether oxygens (including phenoxy) is 2. The quantitative estimate of drug-likeness (QED) is 0.745. The SMILES string of the molecule is CS(=O)(=O)C1Cc2ccccc2C12OCCO2. The lowest BCUT2D eigenvalue weighted by molar-refractivity contribution is -0.159. The van der Waals surface area contributed by atoms with E-state index in [1.807, 2.05) is 24.3 Å². The molecule has 0 saturated carbocycles. The van der Waals surface area contributed by atoms with Gasteiger partial charge in [-0.2, -0.15) is 0 Å². The van der Waals surface area contributed by atoms with Crippen LogP contribution in [0.3, 0.4) is 0 Å². The molecule has 1 aromatic carbocycles. The molecule has 92 valence electrons. The molecule has 1 unspecified atom stereocenters. The van der Waals surface area contributed by atoms with Crippen LogP contribution in [-0.4, -0.2) is 33.1 Å². The molecule has 1 fully saturated rings. The highest BCUT2D eigenvalue weighted by Gasteiger charge is 2.56. The number of fused-ring (bicyclic) bond motifs is 2. The molecule has 17 heavy (non-hydrogen) atoms. The molecule has 4 nitrogen and oxygen atoms in total. The molecule has 0 N–H and O–H groups in total. The number of hydrogen-bond acceptors (Lipinski definition) is 4. The van der Waals surface area contributed by atoms with Gasteiger partial charge in [-0.1, -0.05) is 24.3 Å². The van der Waals surface area contributed by atoms with E-state index in [2.05, 4.69) is 0 Å². The Labute approximate surface area is 100 Å². The minimum absolute atomic E-state index is 0.445. The first kappa shape index (κ1) is 11.2. The third-order valence-electron chi connectivity index (χ3n) is 3.46. The Morgan fingerprint density at radius 2 is 1.88 bits per heavy atom. The number of sulfone groups is 1. The highest BCUT2D eigenvalue weighted by molar-refractivity contribution is 7.91. The largest absolute Gasteiger partial charge is 0.342 e. The minimum atomic E-state index is -3.21. The van der Waals surface area contributed by atoms with Crippen molar-refractivity contribution >= 4 is 9.84 Å². The zero-order valence-corrected chi connectivity index (χ0v) is 10.4. The smallest absolute Gasteiger partial charge is 0.212 e. The second kappa shape index (κ2) is 3.54. The molecule has 1 aromatic rings. The van der Waals surface area contributed by atoms with E-state index in [0.717, 1.165) is 11.1 Å². The van der Waals surface area contributed by atoms with E-state index in [9.17, 15) is 8.42 Å². The van der Waals surface area contributed by atoms with Crippen molar-refractivity contribution in [1.82, 2.24) is 0 Å². The molecular formula is C12H14O4S. The van der Waals surface area contributed by atoms with Crippen molar-refractivity contribution in [2.45, 2.75) is 17.5 Å². The fourth-order valence-corrected chi connectivity index (χ4v) is 4.06. The molecule has 0 amide bonds. The topological polar surface area (TPSA) is 52.6 Å². The average molecular weight is 254 g/mol. The van der Waals surface area contributed by atoms with Gasteiger partial charge in [0.25, 0.3) is 0 Å². The highest BCUT2D eigenvalue weighted by atomic mass is 32.2. The van der Waals surface area contributed by atoms with Crippen LogP contribution >= 0.6 is 0 Å². The molecule has 1 aliphatic carbocycles. The second-order valence-corrected chi connectivity index (χ2v) is 6.77.